The second-order valence-corrected chi connectivity index (χ2v) is 6.66. The fraction of sp³-hybridized carbons (Fsp3) is 0.400. The van der Waals surface area contributed by atoms with Gasteiger partial charge in [-0.05, 0) is 49.7 Å². The first-order valence-electron chi connectivity index (χ1n) is 8.42. The highest BCUT2D eigenvalue weighted by atomic mass is 35.5. The maximum absolute atomic E-state index is 10.4. The number of halogens is 1. The number of rotatable bonds is 9. The summed E-state index contributed by atoms with van der Waals surface area (Å²) >= 11 is 6.25. The lowest BCUT2D eigenvalue weighted by Gasteiger charge is -2.29. The van der Waals surface area contributed by atoms with Crippen molar-refractivity contribution in [1.82, 2.24) is 4.90 Å². The Morgan fingerprint density at radius 2 is 1.68 bits per heavy atom. The van der Waals surface area contributed by atoms with E-state index >= 15 is 0 Å². The van der Waals surface area contributed by atoms with Crippen molar-refractivity contribution in [2.75, 3.05) is 20.3 Å². The second-order valence-electron chi connectivity index (χ2n) is 6.25. The van der Waals surface area contributed by atoms with Crippen molar-refractivity contribution >= 4 is 11.6 Å². The molecule has 5 heteroatoms. The zero-order chi connectivity index (χ0) is 18.2. The molecule has 0 saturated heterocycles. The average Bonchev–Trinajstić information content (AvgIpc) is 2.61. The Bertz CT molecular complexity index is 646. The Balaban J connectivity index is 1.88. The quantitative estimate of drug-likeness (QED) is 0.731. The number of methoxy groups -OCH3 is 1. The normalized spacial score (nSPS) is 12.4. The highest BCUT2D eigenvalue weighted by molar-refractivity contribution is 6.31. The lowest BCUT2D eigenvalue weighted by molar-refractivity contribution is 0.0543. The lowest BCUT2D eigenvalue weighted by atomic mass is 10.1. The second kappa shape index (κ2) is 9.66. The van der Waals surface area contributed by atoms with Crippen LogP contribution in [-0.4, -0.2) is 42.4 Å². The molecule has 25 heavy (non-hydrogen) atoms. The zero-order valence-electron chi connectivity index (χ0n) is 15.0. The van der Waals surface area contributed by atoms with Crippen LogP contribution in [0, 0.1) is 0 Å². The van der Waals surface area contributed by atoms with Gasteiger partial charge in [-0.15, -0.1) is 0 Å². The SMILES string of the molecule is COc1ccc(OCC(O)CN(Cc2ccccc2Cl)C(C)C)cc1. The number of nitrogens with zero attached hydrogens (tertiary/aromatic N) is 1. The summed E-state index contributed by atoms with van der Waals surface area (Å²) < 4.78 is 10.8. The summed E-state index contributed by atoms with van der Waals surface area (Å²) in [4.78, 5) is 2.18. The van der Waals surface area contributed by atoms with Crippen LogP contribution in [0.15, 0.2) is 48.5 Å². The van der Waals surface area contributed by atoms with Gasteiger partial charge in [0.15, 0.2) is 0 Å². The summed E-state index contributed by atoms with van der Waals surface area (Å²) in [6.45, 7) is 5.65. The molecule has 0 radical (unpaired) electrons. The van der Waals surface area contributed by atoms with E-state index in [2.05, 4.69) is 18.7 Å². The Morgan fingerprint density at radius 1 is 1.04 bits per heavy atom. The zero-order valence-corrected chi connectivity index (χ0v) is 15.7. The molecule has 0 aromatic heterocycles. The van der Waals surface area contributed by atoms with Crippen molar-refractivity contribution in [3.63, 3.8) is 0 Å². The van der Waals surface area contributed by atoms with Crippen LogP contribution in [-0.2, 0) is 6.54 Å². The number of aliphatic hydroxyl groups excluding tert-OH is 1. The number of benzene rings is 2. The van der Waals surface area contributed by atoms with Crippen molar-refractivity contribution < 1.29 is 14.6 Å². The largest absolute Gasteiger partial charge is 0.497 e. The minimum absolute atomic E-state index is 0.234. The molecule has 2 aromatic rings. The van der Waals surface area contributed by atoms with Gasteiger partial charge in [0.1, 0.15) is 24.2 Å². The first-order valence-corrected chi connectivity index (χ1v) is 8.79. The molecule has 2 rings (SSSR count). The molecule has 136 valence electrons. The van der Waals surface area contributed by atoms with Crippen molar-refractivity contribution in [3.05, 3.63) is 59.1 Å². The van der Waals surface area contributed by atoms with Crippen molar-refractivity contribution in [2.24, 2.45) is 0 Å². The molecule has 0 fully saturated rings. The monoisotopic (exact) mass is 363 g/mol. The Kier molecular flexibility index (Phi) is 7.56. The van der Waals surface area contributed by atoms with Gasteiger partial charge in [0, 0.05) is 24.2 Å². The molecule has 0 spiro atoms. The maximum atomic E-state index is 10.4. The van der Waals surface area contributed by atoms with Crippen LogP contribution >= 0.6 is 11.6 Å². The van der Waals surface area contributed by atoms with E-state index in [1.165, 1.54) is 0 Å². The molecule has 0 aliphatic heterocycles. The molecule has 1 N–H and O–H groups in total. The fourth-order valence-corrected chi connectivity index (χ4v) is 2.69. The summed E-state index contributed by atoms with van der Waals surface area (Å²) in [5.74, 6) is 1.49. The molecular weight excluding hydrogens is 338 g/mol. The van der Waals surface area contributed by atoms with Gasteiger partial charge < -0.3 is 14.6 Å². The van der Waals surface area contributed by atoms with E-state index in [1.807, 2.05) is 48.5 Å². The molecule has 1 atom stereocenters. The number of aliphatic hydroxyl groups is 1. The molecule has 0 aliphatic rings. The van der Waals surface area contributed by atoms with Gasteiger partial charge in [-0.25, -0.2) is 0 Å². The van der Waals surface area contributed by atoms with Crippen LogP contribution in [0.25, 0.3) is 0 Å². The third-order valence-electron chi connectivity index (χ3n) is 4.01. The van der Waals surface area contributed by atoms with Crippen molar-refractivity contribution in [1.29, 1.82) is 0 Å². The van der Waals surface area contributed by atoms with Crippen LogP contribution in [0.2, 0.25) is 5.02 Å². The van der Waals surface area contributed by atoms with E-state index in [0.29, 0.717) is 18.8 Å². The molecule has 0 amide bonds. The molecule has 0 bridgehead atoms. The summed E-state index contributed by atoms with van der Waals surface area (Å²) in [5.41, 5.74) is 1.06. The van der Waals surface area contributed by atoms with Gasteiger partial charge in [0.25, 0.3) is 0 Å². The standard InChI is InChI=1S/C20H26ClNO3/c1-15(2)22(12-16-6-4-5-7-20(16)21)13-17(23)14-25-19-10-8-18(24-3)9-11-19/h4-11,15,17,23H,12-14H2,1-3H3. The van der Waals surface area contributed by atoms with Crippen LogP contribution in [0.4, 0.5) is 0 Å². The Hall–Kier alpha value is -1.75. The molecule has 4 nitrogen and oxygen atoms in total. The topological polar surface area (TPSA) is 41.9 Å². The smallest absolute Gasteiger partial charge is 0.119 e. The van der Waals surface area contributed by atoms with Gasteiger partial charge in [-0.1, -0.05) is 29.8 Å². The molecule has 2 aromatic carbocycles. The molecule has 0 saturated carbocycles. The minimum atomic E-state index is -0.591. The molecule has 1 unspecified atom stereocenters. The summed E-state index contributed by atoms with van der Waals surface area (Å²) in [5, 5.41) is 11.1. The van der Waals surface area contributed by atoms with Crippen LogP contribution < -0.4 is 9.47 Å². The summed E-state index contributed by atoms with van der Waals surface area (Å²) in [6, 6.07) is 15.4. The molecule has 0 heterocycles. The Morgan fingerprint density at radius 3 is 2.28 bits per heavy atom. The lowest BCUT2D eigenvalue weighted by Crippen LogP contribution is -2.39. The molecule has 0 aliphatic carbocycles. The van der Waals surface area contributed by atoms with Gasteiger partial charge in [0.05, 0.1) is 7.11 Å². The first kappa shape index (κ1) is 19.6. The van der Waals surface area contributed by atoms with E-state index in [9.17, 15) is 5.11 Å². The predicted molar refractivity (Wildman–Crippen MR) is 101 cm³/mol. The van der Waals surface area contributed by atoms with Gasteiger partial charge in [-0.3, -0.25) is 4.90 Å². The fourth-order valence-electron chi connectivity index (χ4n) is 2.49. The van der Waals surface area contributed by atoms with Crippen molar-refractivity contribution in [2.45, 2.75) is 32.5 Å². The van der Waals surface area contributed by atoms with Crippen LogP contribution in [0.5, 0.6) is 11.5 Å². The Labute approximate surface area is 154 Å². The van der Waals surface area contributed by atoms with Gasteiger partial charge >= 0.3 is 0 Å². The van der Waals surface area contributed by atoms with E-state index in [1.54, 1.807) is 7.11 Å². The van der Waals surface area contributed by atoms with Gasteiger partial charge in [0.2, 0.25) is 0 Å². The average molecular weight is 364 g/mol. The predicted octanol–water partition coefficient (Wildman–Crippen LogP) is 4.00. The third-order valence-corrected chi connectivity index (χ3v) is 4.38. The number of hydrogen-bond donors (Lipinski definition) is 1. The number of ether oxygens (including phenoxy) is 2. The number of hydrogen-bond acceptors (Lipinski definition) is 4. The highest BCUT2D eigenvalue weighted by Crippen LogP contribution is 2.19. The summed E-state index contributed by atoms with van der Waals surface area (Å²) in [7, 11) is 1.62. The maximum Gasteiger partial charge on any atom is 0.119 e. The first-order chi connectivity index (χ1) is 12.0. The third kappa shape index (κ3) is 6.24. The van der Waals surface area contributed by atoms with E-state index in [0.717, 1.165) is 16.3 Å². The van der Waals surface area contributed by atoms with E-state index in [-0.39, 0.29) is 12.6 Å². The van der Waals surface area contributed by atoms with E-state index in [4.69, 9.17) is 21.1 Å². The molecular formula is C20H26ClNO3. The summed E-state index contributed by atoms with van der Waals surface area (Å²) in [6.07, 6.45) is -0.591. The van der Waals surface area contributed by atoms with Crippen molar-refractivity contribution in [3.8, 4) is 11.5 Å². The van der Waals surface area contributed by atoms with Gasteiger partial charge in [-0.2, -0.15) is 0 Å². The minimum Gasteiger partial charge on any atom is -0.497 e. The highest BCUT2D eigenvalue weighted by Gasteiger charge is 2.17. The van der Waals surface area contributed by atoms with Crippen LogP contribution in [0.1, 0.15) is 19.4 Å². The van der Waals surface area contributed by atoms with Crippen LogP contribution in [0.3, 0.4) is 0 Å². The van der Waals surface area contributed by atoms with E-state index < -0.39 is 6.10 Å².